The van der Waals surface area contributed by atoms with Crippen molar-refractivity contribution in [1.29, 1.82) is 0 Å². The summed E-state index contributed by atoms with van der Waals surface area (Å²) in [6.07, 6.45) is 10.1. The molecule has 2 heterocycles. The molecule has 20 heavy (non-hydrogen) atoms. The molecule has 3 rings (SSSR count). The summed E-state index contributed by atoms with van der Waals surface area (Å²) in [7, 11) is 0. The molecule has 0 aromatic carbocycles. The first-order valence-electron chi connectivity index (χ1n) is 7.42. The van der Waals surface area contributed by atoms with E-state index in [-0.39, 0.29) is 6.04 Å². The number of aryl methyl sites for hydroxylation is 1. The molecule has 0 spiro atoms. The van der Waals surface area contributed by atoms with E-state index in [0.717, 1.165) is 17.3 Å². The molecule has 1 fully saturated rings. The molecular weight excluding hydrogens is 252 g/mol. The zero-order valence-electron chi connectivity index (χ0n) is 11.9. The molecule has 0 bridgehead atoms. The first kappa shape index (κ1) is 13.3. The van der Waals surface area contributed by atoms with Gasteiger partial charge in [-0.25, -0.2) is 4.98 Å². The Balaban J connectivity index is 1.83. The third-order valence-corrected chi connectivity index (χ3v) is 4.29. The van der Waals surface area contributed by atoms with Crippen molar-refractivity contribution < 1.29 is 0 Å². The van der Waals surface area contributed by atoms with E-state index in [1.54, 1.807) is 6.20 Å². The first-order chi connectivity index (χ1) is 9.79. The number of aromatic nitrogens is 4. The highest BCUT2D eigenvalue weighted by Crippen LogP contribution is 2.28. The summed E-state index contributed by atoms with van der Waals surface area (Å²) >= 11 is 0. The van der Waals surface area contributed by atoms with Gasteiger partial charge in [-0.3, -0.25) is 4.40 Å². The monoisotopic (exact) mass is 274 g/mol. The van der Waals surface area contributed by atoms with Crippen molar-refractivity contribution in [1.82, 2.24) is 19.6 Å². The summed E-state index contributed by atoms with van der Waals surface area (Å²) in [6, 6.07) is 0.269. The van der Waals surface area contributed by atoms with Gasteiger partial charge in [0, 0.05) is 25.0 Å². The number of nitrogens with two attached hydrogens (primary N) is 1. The van der Waals surface area contributed by atoms with Gasteiger partial charge in [-0.1, -0.05) is 19.3 Å². The maximum Gasteiger partial charge on any atom is 0.203 e. The van der Waals surface area contributed by atoms with Crippen LogP contribution >= 0.6 is 0 Å². The lowest BCUT2D eigenvalue weighted by atomic mass is 9.84. The minimum absolute atomic E-state index is 0.269. The van der Waals surface area contributed by atoms with Gasteiger partial charge in [0.2, 0.25) is 5.65 Å². The van der Waals surface area contributed by atoms with E-state index in [2.05, 4.69) is 20.5 Å². The second-order valence-corrected chi connectivity index (χ2v) is 5.60. The fourth-order valence-corrected chi connectivity index (χ4v) is 3.12. The topological polar surface area (TPSA) is 81.1 Å². The van der Waals surface area contributed by atoms with E-state index >= 15 is 0 Å². The predicted molar refractivity (Wildman–Crippen MR) is 78.6 cm³/mol. The lowest BCUT2D eigenvalue weighted by molar-refractivity contribution is 0.320. The third kappa shape index (κ3) is 2.47. The molecule has 1 saturated carbocycles. The van der Waals surface area contributed by atoms with Crippen LogP contribution in [0.25, 0.3) is 5.65 Å². The lowest BCUT2D eigenvalue weighted by Crippen LogP contribution is -2.37. The van der Waals surface area contributed by atoms with Crippen molar-refractivity contribution >= 4 is 11.5 Å². The van der Waals surface area contributed by atoms with E-state index < -0.39 is 0 Å². The molecule has 1 aliphatic rings. The van der Waals surface area contributed by atoms with Gasteiger partial charge in [0.15, 0.2) is 5.82 Å². The zero-order chi connectivity index (χ0) is 13.9. The Hall–Kier alpha value is -1.69. The lowest BCUT2D eigenvalue weighted by Gasteiger charge is -2.30. The molecule has 1 aliphatic carbocycles. The van der Waals surface area contributed by atoms with Crippen molar-refractivity contribution in [2.75, 3.05) is 11.9 Å². The molecule has 0 amide bonds. The van der Waals surface area contributed by atoms with Gasteiger partial charge in [0.05, 0.1) is 0 Å². The fraction of sp³-hybridized carbons (Fsp3) is 0.643. The van der Waals surface area contributed by atoms with Gasteiger partial charge in [-0.2, -0.15) is 0 Å². The average molecular weight is 274 g/mol. The predicted octanol–water partition coefficient (Wildman–Crippen LogP) is 1.75. The van der Waals surface area contributed by atoms with Crippen LogP contribution in [0, 0.1) is 12.8 Å². The molecule has 2 aromatic rings. The van der Waals surface area contributed by atoms with Gasteiger partial charge < -0.3 is 11.1 Å². The minimum atomic E-state index is 0.269. The number of hydrogen-bond acceptors (Lipinski definition) is 5. The van der Waals surface area contributed by atoms with Gasteiger partial charge in [-0.05, 0) is 25.7 Å². The number of fused-ring (bicyclic) bond motifs is 1. The molecular formula is C14H22N6. The molecule has 6 heteroatoms. The molecule has 1 unspecified atom stereocenters. The van der Waals surface area contributed by atoms with Crippen LogP contribution in [0.1, 0.15) is 37.9 Å². The highest BCUT2D eigenvalue weighted by atomic mass is 15.3. The quantitative estimate of drug-likeness (QED) is 0.887. The first-order valence-corrected chi connectivity index (χ1v) is 7.42. The Morgan fingerprint density at radius 1 is 1.35 bits per heavy atom. The average Bonchev–Trinajstić information content (AvgIpc) is 2.88. The highest BCUT2D eigenvalue weighted by molar-refractivity contribution is 5.62. The van der Waals surface area contributed by atoms with Crippen LogP contribution in [0.15, 0.2) is 12.4 Å². The number of nitrogens with zero attached hydrogens (tertiary/aromatic N) is 4. The Morgan fingerprint density at radius 2 is 2.15 bits per heavy atom. The standard InChI is InChI=1S/C14H22N6/c1-10-18-19-14-13(16-7-8-20(10)14)17-12(9-15)11-5-3-2-4-6-11/h7-8,11-12H,2-6,9,15H2,1H3,(H,16,17). The second-order valence-electron chi connectivity index (χ2n) is 5.60. The van der Waals surface area contributed by atoms with E-state index in [1.165, 1.54) is 32.1 Å². The third-order valence-electron chi connectivity index (χ3n) is 4.29. The van der Waals surface area contributed by atoms with Crippen LogP contribution in [-0.4, -0.2) is 32.2 Å². The molecule has 108 valence electrons. The van der Waals surface area contributed by atoms with Crippen molar-refractivity contribution in [3.05, 3.63) is 18.2 Å². The summed E-state index contributed by atoms with van der Waals surface area (Å²) in [5.74, 6) is 2.29. The van der Waals surface area contributed by atoms with Crippen molar-refractivity contribution in [2.45, 2.75) is 45.1 Å². The van der Waals surface area contributed by atoms with Crippen LogP contribution in [0.3, 0.4) is 0 Å². The largest absolute Gasteiger partial charge is 0.363 e. The minimum Gasteiger partial charge on any atom is -0.363 e. The molecule has 2 aromatic heterocycles. The van der Waals surface area contributed by atoms with Crippen LogP contribution < -0.4 is 11.1 Å². The molecule has 1 atom stereocenters. The molecule has 0 aliphatic heterocycles. The van der Waals surface area contributed by atoms with Gasteiger partial charge in [0.25, 0.3) is 0 Å². The summed E-state index contributed by atoms with van der Waals surface area (Å²) in [5, 5.41) is 11.8. The summed E-state index contributed by atoms with van der Waals surface area (Å²) in [6.45, 7) is 2.56. The highest BCUT2D eigenvalue weighted by Gasteiger charge is 2.23. The van der Waals surface area contributed by atoms with Gasteiger partial charge in [0.1, 0.15) is 5.82 Å². The van der Waals surface area contributed by atoms with Gasteiger partial charge in [-0.15, -0.1) is 10.2 Å². The van der Waals surface area contributed by atoms with E-state index in [1.807, 2.05) is 17.5 Å². The van der Waals surface area contributed by atoms with Crippen molar-refractivity contribution in [3.8, 4) is 0 Å². The van der Waals surface area contributed by atoms with Crippen LogP contribution in [0.2, 0.25) is 0 Å². The summed E-state index contributed by atoms with van der Waals surface area (Å²) in [5.41, 5.74) is 6.74. The van der Waals surface area contributed by atoms with E-state index in [0.29, 0.717) is 12.5 Å². The van der Waals surface area contributed by atoms with E-state index in [9.17, 15) is 0 Å². The molecule has 0 radical (unpaired) electrons. The Bertz CT molecular complexity index is 572. The SMILES string of the molecule is Cc1nnc2c(NC(CN)C3CCCCC3)nccn12. The zero-order valence-corrected chi connectivity index (χ0v) is 11.9. The summed E-state index contributed by atoms with van der Waals surface area (Å²) in [4.78, 5) is 4.41. The van der Waals surface area contributed by atoms with Gasteiger partial charge >= 0.3 is 0 Å². The molecule has 6 nitrogen and oxygen atoms in total. The number of nitrogens with one attached hydrogen (secondary N) is 1. The number of anilines is 1. The van der Waals surface area contributed by atoms with Crippen LogP contribution in [0.5, 0.6) is 0 Å². The Morgan fingerprint density at radius 3 is 2.90 bits per heavy atom. The second kappa shape index (κ2) is 5.75. The Kier molecular flexibility index (Phi) is 3.82. The van der Waals surface area contributed by atoms with Crippen molar-refractivity contribution in [2.24, 2.45) is 11.7 Å². The smallest absolute Gasteiger partial charge is 0.203 e. The van der Waals surface area contributed by atoms with Crippen LogP contribution in [-0.2, 0) is 0 Å². The number of rotatable bonds is 4. The number of hydrogen-bond donors (Lipinski definition) is 2. The maximum atomic E-state index is 5.97. The normalized spacial score (nSPS) is 18.3. The van der Waals surface area contributed by atoms with Crippen LogP contribution in [0.4, 0.5) is 5.82 Å². The summed E-state index contributed by atoms with van der Waals surface area (Å²) < 4.78 is 1.95. The van der Waals surface area contributed by atoms with Crippen molar-refractivity contribution in [3.63, 3.8) is 0 Å². The molecule has 3 N–H and O–H groups in total. The Labute approximate surface area is 118 Å². The maximum absolute atomic E-state index is 5.97. The van der Waals surface area contributed by atoms with E-state index in [4.69, 9.17) is 5.73 Å². The fourth-order valence-electron chi connectivity index (χ4n) is 3.12. The molecule has 0 saturated heterocycles.